The van der Waals surface area contributed by atoms with Gasteiger partial charge in [0.15, 0.2) is 9.84 Å². The zero-order chi connectivity index (χ0) is 10.8. The van der Waals surface area contributed by atoms with Gasteiger partial charge in [-0.2, -0.15) is 0 Å². The average molecular weight is 219 g/mol. The number of carbonyl (C=O) groups is 1. The third-order valence-electron chi connectivity index (χ3n) is 2.15. The van der Waals surface area contributed by atoms with E-state index in [1.165, 1.54) is 0 Å². The fourth-order valence-electron chi connectivity index (χ4n) is 1.25. The molecule has 0 atom stereocenters. The van der Waals surface area contributed by atoms with Gasteiger partial charge in [-0.25, -0.2) is 13.2 Å². The summed E-state index contributed by atoms with van der Waals surface area (Å²) in [6.07, 6.45) is 0. The van der Waals surface area contributed by atoms with Gasteiger partial charge in [0.05, 0.1) is 11.5 Å². The van der Waals surface area contributed by atoms with Crippen molar-refractivity contribution in [3.05, 3.63) is 12.2 Å². The summed E-state index contributed by atoms with van der Waals surface area (Å²) in [5, 5.41) is 8.57. The second-order valence-corrected chi connectivity index (χ2v) is 5.64. The lowest BCUT2D eigenvalue weighted by atomic mass is 10.3. The molecule has 5 nitrogen and oxygen atoms in total. The molecule has 1 heterocycles. The Morgan fingerprint density at radius 2 is 1.86 bits per heavy atom. The van der Waals surface area contributed by atoms with Crippen molar-refractivity contribution in [2.24, 2.45) is 0 Å². The molecule has 0 aromatic rings. The van der Waals surface area contributed by atoms with Crippen LogP contribution in [0.1, 0.15) is 0 Å². The van der Waals surface area contributed by atoms with Crippen molar-refractivity contribution in [1.29, 1.82) is 0 Å². The van der Waals surface area contributed by atoms with Gasteiger partial charge in [-0.05, 0) is 0 Å². The molecule has 14 heavy (non-hydrogen) atoms. The van der Waals surface area contributed by atoms with Crippen molar-refractivity contribution < 1.29 is 18.3 Å². The highest BCUT2D eigenvalue weighted by molar-refractivity contribution is 7.91. The Hall–Kier alpha value is -0.880. The van der Waals surface area contributed by atoms with E-state index < -0.39 is 15.8 Å². The molecule has 0 unspecified atom stereocenters. The van der Waals surface area contributed by atoms with E-state index in [0.29, 0.717) is 13.1 Å². The Kier molecular flexibility index (Phi) is 3.28. The summed E-state index contributed by atoms with van der Waals surface area (Å²) in [5.74, 6) is -0.807. The third kappa shape index (κ3) is 3.12. The lowest BCUT2D eigenvalue weighted by molar-refractivity contribution is -0.132. The number of nitrogens with zero attached hydrogens (tertiary/aromatic N) is 1. The summed E-state index contributed by atoms with van der Waals surface area (Å²) in [5.41, 5.74) is 0.101. The first-order valence-electron chi connectivity index (χ1n) is 4.24. The molecule has 0 aliphatic carbocycles. The van der Waals surface area contributed by atoms with Crippen molar-refractivity contribution in [2.45, 2.75) is 0 Å². The highest BCUT2D eigenvalue weighted by atomic mass is 32.2. The smallest absolute Gasteiger partial charge is 0.332 e. The topological polar surface area (TPSA) is 74.7 Å². The van der Waals surface area contributed by atoms with E-state index in [1.807, 2.05) is 0 Å². The van der Waals surface area contributed by atoms with E-state index in [0.717, 1.165) is 0 Å². The van der Waals surface area contributed by atoms with Crippen LogP contribution in [0.4, 0.5) is 0 Å². The molecule has 1 fully saturated rings. The molecule has 0 aromatic carbocycles. The predicted molar refractivity (Wildman–Crippen MR) is 51.9 cm³/mol. The molecular formula is C8H13NO4S. The summed E-state index contributed by atoms with van der Waals surface area (Å²) in [6.45, 7) is 4.43. The van der Waals surface area contributed by atoms with E-state index in [2.05, 4.69) is 6.58 Å². The number of carboxylic acid groups (broad SMARTS) is 1. The normalized spacial score (nSPS) is 21.7. The van der Waals surface area contributed by atoms with Gasteiger partial charge in [0.25, 0.3) is 0 Å². The minimum Gasteiger partial charge on any atom is -0.478 e. The van der Waals surface area contributed by atoms with Gasteiger partial charge >= 0.3 is 5.97 Å². The molecule has 0 bridgehead atoms. The third-order valence-corrected chi connectivity index (χ3v) is 3.76. The Bertz CT molecular complexity index is 332. The van der Waals surface area contributed by atoms with Crippen LogP contribution >= 0.6 is 0 Å². The maximum Gasteiger partial charge on any atom is 0.332 e. The zero-order valence-corrected chi connectivity index (χ0v) is 8.59. The minimum absolute atomic E-state index is 0.101. The van der Waals surface area contributed by atoms with Gasteiger partial charge in [-0.1, -0.05) is 6.58 Å². The molecular weight excluding hydrogens is 206 g/mol. The van der Waals surface area contributed by atoms with Crippen molar-refractivity contribution >= 4 is 15.8 Å². The molecule has 80 valence electrons. The van der Waals surface area contributed by atoms with Crippen molar-refractivity contribution in [1.82, 2.24) is 4.90 Å². The van der Waals surface area contributed by atoms with Gasteiger partial charge in [-0.3, -0.25) is 4.90 Å². The summed E-state index contributed by atoms with van der Waals surface area (Å²) in [7, 11) is -2.89. The SMILES string of the molecule is C=C(CN1CCS(=O)(=O)CC1)C(=O)O. The summed E-state index contributed by atoms with van der Waals surface area (Å²) in [6, 6.07) is 0. The van der Waals surface area contributed by atoms with Crippen LogP contribution in [0.25, 0.3) is 0 Å². The average Bonchev–Trinajstić information content (AvgIpc) is 2.08. The number of carboxylic acids is 1. The Morgan fingerprint density at radius 1 is 1.36 bits per heavy atom. The molecule has 0 saturated carbocycles. The van der Waals surface area contributed by atoms with Gasteiger partial charge in [-0.15, -0.1) is 0 Å². The standard InChI is InChI=1S/C8H13NO4S/c1-7(8(10)11)6-9-2-4-14(12,13)5-3-9/h1-6H2,(H,10,11). The number of hydrogen-bond acceptors (Lipinski definition) is 4. The lowest BCUT2D eigenvalue weighted by Gasteiger charge is -2.26. The molecule has 0 amide bonds. The Labute approximate surface area is 82.9 Å². The second kappa shape index (κ2) is 4.10. The highest BCUT2D eigenvalue weighted by Gasteiger charge is 2.22. The molecule has 1 saturated heterocycles. The molecule has 1 rings (SSSR count). The molecule has 1 aliphatic rings. The van der Waals surface area contributed by atoms with Gasteiger partial charge in [0.2, 0.25) is 0 Å². The largest absolute Gasteiger partial charge is 0.478 e. The minimum atomic E-state index is -2.89. The number of aliphatic carboxylic acids is 1. The first-order valence-corrected chi connectivity index (χ1v) is 6.07. The first kappa shape index (κ1) is 11.2. The quantitative estimate of drug-likeness (QED) is 0.639. The van der Waals surface area contributed by atoms with Crippen LogP contribution in [0.15, 0.2) is 12.2 Å². The van der Waals surface area contributed by atoms with Gasteiger partial charge in [0.1, 0.15) is 0 Å². The summed E-state index contributed by atoms with van der Waals surface area (Å²) >= 11 is 0. The second-order valence-electron chi connectivity index (χ2n) is 3.34. The zero-order valence-electron chi connectivity index (χ0n) is 7.77. The molecule has 6 heteroatoms. The van der Waals surface area contributed by atoms with E-state index in [-0.39, 0.29) is 23.6 Å². The summed E-state index contributed by atoms with van der Waals surface area (Å²) in [4.78, 5) is 12.2. The van der Waals surface area contributed by atoms with Crippen LogP contribution in [-0.4, -0.2) is 55.5 Å². The van der Waals surface area contributed by atoms with E-state index in [4.69, 9.17) is 5.11 Å². The highest BCUT2D eigenvalue weighted by Crippen LogP contribution is 2.05. The molecule has 1 aliphatic heterocycles. The van der Waals surface area contributed by atoms with Crippen molar-refractivity contribution in [3.63, 3.8) is 0 Å². The molecule has 0 aromatic heterocycles. The van der Waals surface area contributed by atoms with E-state index in [1.54, 1.807) is 4.90 Å². The predicted octanol–water partition coefficient (Wildman–Crippen LogP) is -0.642. The maximum atomic E-state index is 11.1. The first-order chi connectivity index (χ1) is 6.41. The van der Waals surface area contributed by atoms with Crippen molar-refractivity contribution in [2.75, 3.05) is 31.1 Å². The van der Waals surface area contributed by atoms with Crippen LogP contribution in [0.5, 0.6) is 0 Å². The molecule has 0 radical (unpaired) electrons. The number of rotatable bonds is 3. The van der Waals surface area contributed by atoms with Crippen molar-refractivity contribution in [3.8, 4) is 0 Å². The summed E-state index contributed by atoms with van der Waals surface area (Å²) < 4.78 is 22.1. The monoisotopic (exact) mass is 219 g/mol. The lowest BCUT2D eigenvalue weighted by Crippen LogP contribution is -2.41. The van der Waals surface area contributed by atoms with E-state index >= 15 is 0 Å². The number of sulfone groups is 1. The Morgan fingerprint density at radius 3 is 2.29 bits per heavy atom. The fraction of sp³-hybridized carbons (Fsp3) is 0.625. The number of hydrogen-bond donors (Lipinski definition) is 1. The van der Waals surface area contributed by atoms with Crippen LogP contribution in [-0.2, 0) is 14.6 Å². The molecule has 1 N–H and O–H groups in total. The van der Waals surface area contributed by atoms with Crippen LogP contribution < -0.4 is 0 Å². The van der Waals surface area contributed by atoms with Gasteiger partial charge in [0, 0.05) is 25.2 Å². The molecule has 0 spiro atoms. The fourth-order valence-corrected chi connectivity index (χ4v) is 2.52. The van der Waals surface area contributed by atoms with Crippen LogP contribution in [0.2, 0.25) is 0 Å². The van der Waals surface area contributed by atoms with Crippen LogP contribution in [0, 0.1) is 0 Å². The maximum absolute atomic E-state index is 11.1. The van der Waals surface area contributed by atoms with Gasteiger partial charge < -0.3 is 5.11 Å². The Balaban J connectivity index is 2.44. The van der Waals surface area contributed by atoms with Crippen LogP contribution in [0.3, 0.4) is 0 Å². The van der Waals surface area contributed by atoms with E-state index in [9.17, 15) is 13.2 Å².